The normalized spacial score (nSPS) is 20.1. The number of anilines is 3. The Bertz CT molecular complexity index is 2510. The van der Waals surface area contributed by atoms with Crippen LogP contribution in [0.3, 0.4) is 0 Å². The highest BCUT2D eigenvalue weighted by Gasteiger charge is 2.66. The van der Waals surface area contributed by atoms with Gasteiger partial charge in [0.2, 0.25) is 0 Å². The van der Waals surface area contributed by atoms with Crippen molar-refractivity contribution in [1.82, 2.24) is 15.0 Å². The third-order valence-electron chi connectivity index (χ3n) is 12.7. The Morgan fingerprint density at radius 2 is 1.66 bits per heavy atom. The van der Waals surface area contributed by atoms with E-state index in [9.17, 15) is 9.90 Å². The van der Waals surface area contributed by atoms with E-state index in [0.717, 1.165) is 28.1 Å². The fraction of sp³-hybridized carbons (Fsp3) is 0.292. The van der Waals surface area contributed by atoms with Crippen molar-refractivity contribution in [2.75, 3.05) is 36.8 Å². The molecule has 1 unspecified atom stereocenters. The molecule has 5 atom stereocenters. The zero-order chi connectivity index (χ0) is 42.9. The highest BCUT2D eigenvalue weighted by molar-refractivity contribution is 6.91. The Kier molecular flexibility index (Phi) is 11.5. The van der Waals surface area contributed by atoms with Gasteiger partial charge in [0.25, 0.3) is 11.8 Å². The molecule has 1 aromatic heterocycles. The standard InChI is InChI=1S/C48H52N6O6Si/c1-31-45(61(4,5)39-21-18-37(58-2)19-22-39)44(24-25-53-29-42(51-52-53)40(30-55)33-11-7-6-8-12-33)60-48(31)41-27-38(59-3)20-23-43(41)54(47(48)57)28-32-10-9-13-36(26-32)50-46(56)34-14-16-35(49)17-15-34/h6-23,26-27,29,31,40,44-45,55H,24-25,28,30,49H2,1-5H3,(H,50,56)/t31-,40?,44+,45-,48+/m0/s1. The van der Waals surface area contributed by atoms with Gasteiger partial charge in [-0.3, -0.25) is 14.3 Å². The smallest absolute Gasteiger partial charge is 0.264 e. The maximum absolute atomic E-state index is 15.5. The Morgan fingerprint density at radius 1 is 0.934 bits per heavy atom. The molecule has 13 heteroatoms. The fourth-order valence-corrected chi connectivity index (χ4v) is 13.6. The Labute approximate surface area is 357 Å². The van der Waals surface area contributed by atoms with Crippen LogP contribution in [-0.2, 0) is 28.2 Å². The van der Waals surface area contributed by atoms with E-state index in [0.29, 0.717) is 41.3 Å². The van der Waals surface area contributed by atoms with Gasteiger partial charge in [0.1, 0.15) is 11.5 Å². The largest absolute Gasteiger partial charge is 0.497 e. The molecule has 0 radical (unpaired) electrons. The lowest BCUT2D eigenvalue weighted by Gasteiger charge is -2.37. The molecule has 5 aromatic carbocycles. The first kappa shape index (κ1) is 41.5. The van der Waals surface area contributed by atoms with Gasteiger partial charge in [0, 0.05) is 41.2 Å². The summed E-state index contributed by atoms with van der Waals surface area (Å²) in [6.07, 6.45) is 2.14. The van der Waals surface area contributed by atoms with Gasteiger partial charge in [-0.05, 0) is 89.8 Å². The zero-order valence-corrected chi connectivity index (χ0v) is 36.1. The quantitative estimate of drug-likeness (QED) is 0.0770. The lowest BCUT2D eigenvalue weighted by molar-refractivity contribution is -0.146. The Morgan fingerprint density at radius 3 is 2.36 bits per heavy atom. The third-order valence-corrected chi connectivity index (χ3v) is 17.0. The van der Waals surface area contributed by atoms with Crippen molar-refractivity contribution in [3.8, 4) is 11.5 Å². The fourth-order valence-electron chi connectivity index (χ4n) is 9.51. The molecular weight excluding hydrogens is 785 g/mol. The highest BCUT2D eigenvalue weighted by Crippen LogP contribution is 2.60. The highest BCUT2D eigenvalue weighted by atomic mass is 28.3. The van der Waals surface area contributed by atoms with Gasteiger partial charge in [-0.25, -0.2) is 0 Å². The summed E-state index contributed by atoms with van der Waals surface area (Å²) in [7, 11) is 0.860. The number of methoxy groups -OCH3 is 2. The molecule has 2 amide bonds. The molecule has 0 bridgehead atoms. The number of aryl methyl sites for hydroxylation is 1. The lowest BCUT2D eigenvalue weighted by atomic mass is 9.82. The number of ether oxygens (including phenoxy) is 3. The number of benzene rings is 5. The maximum Gasteiger partial charge on any atom is 0.264 e. The van der Waals surface area contributed by atoms with Crippen LogP contribution in [0.5, 0.6) is 11.5 Å². The van der Waals surface area contributed by atoms with Crippen LogP contribution in [-0.4, -0.2) is 66.9 Å². The van der Waals surface area contributed by atoms with Crippen LogP contribution < -0.4 is 30.6 Å². The van der Waals surface area contributed by atoms with Gasteiger partial charge in [-0.15, -0.1) is 5.10 Å². The van der Waals surface area contributed by atoms with Crippen LogP contribution >= 0.6 is 0 Å². The number of carbonyl (C=O) groups is 2. The summed E-state index contributed by atoms with van der Waals surface area (Å²) < 4.78 is 20.5. The van der Waals surface area contributed by atoms with E-state index >= 15 is 4.79 Å². The molecule has 6 aromatic rings. The monoisotopic (exact) mass is 836 g/mol. The summed E-state index contributed by atoms with van der Waals surface area (Å²) in [6.45, 7) is 7.54. The van der Waals surface area contributed by atoms with E-state index in [1.54, 1.807) is 38.5 Å². The SMILES string of the molecule is COc1ccc([Si](C)(C)[C@@H]2[C@@H](CCn3cc(C(CO)c4ccccc4)nn3)O[C@]3(C(=O)N(Cc4cccc(NC(=O)c5ccc(N)cc5)c4)c4ccc(OC)cc43)[C@H]2C)cc1. The molecule has 12 nitrogen and oxygen atoms in total. The minimum Gasteiger partial charge on any atom is -0.497 e. The summed E-state index contributed by atoms with van der Waals surface area (Å²) in [5, 5.41) is 23.6. The predicted molar refractivity (Wildman–Crippen MR) is 239 cm³/mol. The minimum absolute atomic E-state index is 0.00627. The molecule has 61 heavy (non-hydrogen) atoms. The first-order valence-corrected chi connectivity index (χ1v) is 23.7. The van der Waals surface area contributed by atoms with E-state index in [1.165, 1.54) is 5.19 Å². The molecule has 1 saturated heterocycles. The molecule has 2 aliphatic rings. The third kappa shape index (κ3) is 7.80. The lowest BCUT2D eigenvalue weighted by Crippen LogP contribution is -2.51. The number of hydrogen-bond donors (Lipinski definition) is 3. The second kappa shape index (κ2) is 17.0. The summed E-state index contributed by atoms with van der Waals surface area (Å²) >= 11 is 0. The number of fused-ring (bicyclic) bond motifs is 2. The number of nitrogen functional groups attached to an aromatic ring is 1. The molecule has 2 aliphatic heterocycles. The Hall–Kier alpha value is -6.28. The maximum atomic E-state index is 15.5. The van der Waals surface area contributed by atoms with Crippen molar-refractivity contribution in [2.45, 2.75) is 62.7 Å². The molecule has 4 N–H and O–H groups in total. The number of aromatic nitrogens is 3. The average molecular weight is 837 g/mol. The minimum atomic E-state index is -2.43. The van der Waals surface area contributed by atoms with Gasteiger partial charge in [0.05, 0.1) is 58.8 Å². The van der Waals surface area contributed by atoms with E-state index in [-0.39, 0.29) is 48.4 Å². The zero-order valence-electron chi connectivity index (χ0n) is 35.1. The number of amides is 2. The van der Waals surface area contributed by atoms with Crippen molar-refractivity contribution in [1.29, 1.82) is 0 Å². The van der Waals surface area contributed by atoms with E-state index < -0.39 is 13.7 Å². The van der Waals surface area contributed by atoms with Crippen molar-refractivity contribution in [3.05, 3.63) is 155 Å². The molecule has 0 aliphatic carbocycles. The molecular formula is C48H52N6O6Si. The van der Waals surface area contributed by atoms with Gasteiger partial charge in [0.15, 0.2) is 5.60 Å². The van der Waals surface area contributed by atoms with Crippen molar-refractivity contribution < 1.29 is 28.9 Å². The molecule has 1 fully saturated rings. The molecule has 3 heterocycles. The summed E-state index contributed by atoms with van der Waals surface area (Å²) in [5.41, 5.74) is 10.2. The summed E-state index contributed by atoms with van der Waals surface area (Å²) in [5.74, 6) is 0.485. The first-order chi connectivity index (χ1) is 29.5. The van der Waals surface area contributed by atoms with Crippen LogP contribution in [0.2, 0.25) is 18.6 Å². The predicted octanol–water partition coefficient (Wildman–Crippen LogP) is 7.11. The molecule has 314 valence electrons. The number of aliphatic hydroxyl groups excluding tert-OH is 1. The van der Waals surface area contributed by atoms with Crippen LogP contribution in [0.1, 0.15) is 52.0 Å². The number of nitrogens with one attached hydrogen (secondary N) is 1. The van der Waals surface area contributed by atoms with Crippen LogP contribution in [0.15, 0.2) is 128 Å². The summed E-state index contributed by atoms with van der Waals surface area (Å²) in [6, 6.07) is 38.2. The van der Waals surface area contributed by atoms with Gasteiger partial charge in [-0.1, -0.05) is 85.0 Å². The molecule has 0 saturated carbocycles. The number of rotatable bonds is 14. The van der Waals surface area contributed by atoms with Crippen molar-refractivity contribution in [2.24, 2.45) is 5.92 Å². The van der Waals surface area contributed by atoms with Crippen LogP contribution in [0.25, 0.3) is 0 Å². The average Bonchev–Trinajstić information content (AvgIpc) is 3.93. The van der Waals surface area contributed by atoms with E-state index in [4.69, 9.17) is 19.9 Å². The van der Waals surface area contributed by atoms with Gasteiger partial charge in [-0.2, -0.15) is 0 Å². The van der Waals surface area contributed by atoms with Crippen molar-refractivity contribution in [3.63, 3.8) is 0 Å². The van der Waals surface area contributed by atoms with Gasteiger partial charge >= 0.3 is 0 Å². The number of nitrogens with zero attached hydrogens (tertiary/aromatic N) is 4. The number of nitrogens with two attached hydrogens (primary N) is 1. The van der Waals surface area contributed by atoms with Gasteiger partial charge < -0.3 is 35.3 Å². The first-order valence-electron chi connectivity index (χ1n) is 20.6. The van der Waals surface area contributed by atoms with Crippen LogP contribution in [0, 0.1) is 5.92 Å². The molecule has 1 spiro atoms. The van der Waals surface area contributed by atoms with E-state index in [2.05, 4.69) is 47.8 Å². The van der Waals surface area contributed by atoms with Crippen molar-refractivity contribution >= 4 is 42.1 Å². The second-order valence-electron chi connectivity index (χ2n) is 16.5. The topological polar surface area (TPSA) is 154 Å². The van der Waals surface area contributed by atoms with Crippen LogP contribution in [0.4, 0.5) is 17.1 Å². The molecule has 8 rings (SSSR count). The number of aliphatic hydroxyl groups is 1. The number of carbonyl (C=O) groups excluding carboxylic acids is 2. The number of hydrogen-bond acceptors (Lipinski definition) is 9. The summed E-state index contributed by atoms with van der Waals surface area (Å²) in [4.78, 5) is 30.4. The second-order valence-corrected chi connectivity index (χ2v) is 21.2. The Balaban J connectivity index is 1.13. The van der Waals surface area contributed by atoms with E-state index in [1.807, 2.05) is 101 Å².